The molecule has 1 aromatic heterocycles. The van der Waals surface area contributed by atoms with Crippen LogP contribution in [0.3, 0.4) is 0 Å². The lowest BCUT2D eigenvalue weighted by Gasteiger charge is -2.20. The Morgan fingerprint density at radius 3 is 2.78 bits per heavy atom. The van der Waals surface area contributed by atoms with Gasteiger partial charge in [0.25, 0.3) is 10.0 Å². The van der Waals surface area contributed by atoms with Crippen LogP contribution in [0.4, 0.5) is 0 Å². The lowest BCUT2D eigenvalue weighted by molar-refractivity contribution is 0.273. The summed E-state index contributed by atoms with van der Waals surface area (Å²) < 4.78 is 26.9. The Morgan fingerprint density at radius 1 is 1.37 bits per heavy atom. The fourth-order valence-electron chi connectivity index (χ4n) is 3.41. The zero-order chi connectivity index (χ0) is 19.9. The predicted molar refractivity (Wildman–Crippen MR) is 113 cm³/mol. The van der Waals surface area contributed by atoms with Gasteiger partial charge in [0.05, 0.1) is 6.54 Å². The molecule has 154 valence electrons. The van der Waals surface area contributed by atoms with Gasteiger partial charge in [-0.05, 0) is 44.5 Å². The smallest absolute Gasteiger partial charge is 0.252 e. The van der Waals surface area contributed by atoms with E-state index in [0.717, 1.165) is 30.9 Å². The summed E-state index contributed by atoms with van der Waals surface area (Å²) in [5.74, 6) is 0.463. The van der Waals surface area contributed by atoms with E-state index in [0.29, 0.717) is 35.8 Å². The molecule has 2 rings (SSSR count). The Balaban J connectivity index is 1.82. The molecular formula is C18H33N5O2S2. The highest BCUT2D eigenvalue weighted by molar-refractivity contribution is 7.91. The van der Waals surface area contributed by atoms with Crippen molar-refractivity contribution in [3.05, 3.63) is 17.0 Å². The largest absolute Gasteiger partial charge is 0.370 e. The monoisotopic (exact) mass is 415 g/mol. The Labute approximate surface area is 167 Å². The first-order valence-electron chi connectivity index (χ1n) is 9.79. The lowest BCUT2D eigenvalue weighted by Crippen LogP contribution is -2.36. The van der Waals surface area contributed by atoms with E-state index in [2.05, 4.69) is 22.1 Å². The fraction of sp³-hybridized carbons (Fsp3) is 0.722. The van der Waals surface area contributed by atoms with Gasteiger partial charge in [0, 0.05) is 30.6 Å². The molecule has 1 aliphatic rings. The van der Waals surface area contributed by atoms with Gasteiger partial charge in [-0.3, -0.25) is 9.89 Å². The van der Waals surface area contributed by atoms with Gasteiger partial charge in [0.15, 0.2) is 5.96 Å². The molecule has 27 heavy (non-hydrogen) atoms. The normalized spacial score (nSPS) is 19.1. The molecule has 0 radical (unpaired) electrons. The number of nitrogens with two attached hydrogens (primary N) is 1. The summed E-state index contributed by atoms with van der Waals surface area (Å²) in [6.45, 7) is 10.4. The molecule has 0 saturated carbocycles. The minimum atomic E-state index is -3.37. The zero-order valence-electron chi connectivity index (χ0n) is 16.6. The van der Waals surface area contributed by atoms with Crippen LogP contribution in [-0.4, -0.2) is 68.9 Å². The van der Waals surface area contributed by atoms with Crippen LogP contribution < -0.4 is 11.1 Å². The van der Waals surface area contributed by atoms with Gasteiger partial charge in [-0.2, -0.15) is 4.31 Å². The topological polar surface area (TPSA) is 91.0 Å². The van der Waals surface area contributed by atoms with Gasteiger partial charge in [-0.25, -0.2) is 8.42 Å². The van der Waals surface area contributed by atoms with E-state index in [1.807, 2.05) is 19.9 Å². The number of aliphatic imine (C=N–C) groups is 1. The van der Waals surface area contributed by atoms with E-state index >= 15 is 0 Å². The minimum Gasteiger partial charge on any atom is -0.370 e. The van der Waals surface area contributed by atoms with Crippen molar-refractivity contribution in [2.24, 2.45) is 10.7 Å². The van der Waals surface area contributed by atoms with E-state index < -0.39 is 10.0 Å². The molecule has 1 fully saturated rings. The average Bonchev–Trinajstić information content (AvgIpc) is 3.30. The van der Waals surface area contributed by atoms with Gasteiger partial charge in [-0.15, -0.1) is 11.3 Å². The fourth-order valence-corrected chi connectivity index (χ4v) is 6.38. The van der Waals surface area contributed by atoms with Crippen molar-refractivity contribution in [1.82, 2.24) is 14.5 Å². The Kier molecular flexibility index (Phi) is 8.53. The SMILES string of the molecule is CCN1CCCC1CN=C(N)NCCc1ccc(S(=O)(=O)N(CC)CC)s1. The van der Waals surface area contributed by atoms with Crippen LogP contribution in [0.5, 0.6) is 0 Å². The summed E-state index contributed by atoms with van der Waals surface area (Å²) in [5.41, 5.74) is 5.97. The third kappa shape index (κ3) is 5.91. The van der Waals surface area contributed by atoms with Crippen molar-refractivity contribution in [3.63, 3.8) is 0 Å². The van der Waals surface area contributed by atoms with E-state index in [4.69, 9.17) is 5.73 Å². The zero-order valence-corrected chi connectivity index (χ0v) is 18.3. The minimum absolute atomic E-state index is 0.406. The molecule has 9 heteroatoms. The predicted octanol–water partition coefficient (Wildman–Crippen LogP) is 1.71. The highest BCUT2D eigenvalue weighted by Gasteiger charge is 2.24. The van der Waals surface area contributed by atoms with Crippen molar-refractivity contribution in [1.29, 1.82) is 0 Å². The van der Waals surface area contributed by atoms with Crippen LogP contribution in [0.25, 0.3) is 0 Å². The number of nitrogens with zero attached hydrogens (tertiary/aromatic N) is 3. The molecule has 1 saturated heterocycles. The molecular weight excluding hydrogens is 382 g/mol. The number of sulfonamides is 1. The second-order valence-corrected chi connectivity index (χ2v) is 9.97. The summed E-state index contributed by atoms with van der Waals surface area (Å²) in [6, 6.07) is 4.08. The average molecular weight is 416 g/mol. The third-order valence-corrected chi connectivity index (χ3v) is 8.65. The van der Waals surface area contributed by atoms with Crippen molar-refractivity contribution < 1.29 is 8.42 Å². The van der Waals surface area contributed by atoms with Crippen molar-refractivity contribution >= 4 is 27.3 Å². The maximum Gasteiger partial charge on any atom is 0.252 e. The molecule has 1 aromatic rings. The summed E-state index contributed by atoms with van der Waals surface area (Å²) >= 11 is 1.33. The molecule has 0 amide bonds. The van der Waals surface area contributed by atoms with Crippen molar-refractivity contribution in [2.75, 3.05) is 39.3 Å². The van der Waals surface area contributed by atoms with Crippen LogP contribution in [-0.2, 0) is 16.4 Å². The number of nitrogens with one attached hydrogen (secondary N) is 1. The van der Waals surface area contributed by atoms with Crippen LogP contribution in [0.15, 0.2) is 21.3 Å². The van der Waals surface area contributed by atoms with E-state index in [9.17, 15) is 8.42 Å². The van der Waals surface area contributed by atoms with Crippen molar-refractivity contribution in [2.45, 2.75) is 50.3 Å². The highest BCUT2D eigenvalue weighted by atomic mass is 32.2. The molecule has 1 atom stereocenters. The number of thiophene rings is 1. The van der Waals surface area contributed by atoms with E-state index in [1.165, 1.54) is 28.5 Å². The van der Waals surface area contributed by atoms with Gasteiger partial charge >= 0.3 is 0 Å². The van der Waals surface area contributed by atoms with Crippen LogP contribution >= 0.6 is 11.3 Å². The van der Waals surface area contributed by atoms with Crippen LogP contribution in [0.2, 0.25) is 0 Å². The van der Waals surface area contributed by atoms with Crippen LogP contribution in [0, 0.1) is 0 Å². The van der Waals surface area contributed by atoms with E-state index in [-0.39, 0.29) is 0 Å². The number of hydrogen-bond acceptors (Lipinski definition) is 5. The quantitative estimate of drug-likeness (QED) is 0.448. The molecule has 0 aliphatic carbocycles. The molecule has 2 heterocycles. The summed E-state index contributed by atoms with van der Waals surface area (Å²) in [5, 5.41) is 3.14. The molecule has 0 bridgehead atoms. The highest BCUT2D eigenvalue weighted by Crippen LogP contribution is 2.25. The molecule has 1 unspecified atom stereocenters. The molecule has 7 nitrogen and oxygen atoms in total. The number of hydrogen-bond donors (Lipinski definition) is 2. The number of likely N-dealkylation sites (tertiary alicyclic amines) is 1. The number of rotatable bonds is 10. The maximum absolute atomic E-state index is 12.5. The van der Waals surface area contributed by atoms with E-state index in [1.54, 1.807) is 6.07 Å². The van der Waals surface area contributed by atoms with Gasteiger partial charge in [0.2, 0.25) is 0 Å². The third-order valence-electron chi connectivity index (χ3n) is 4.99. The molecule has 3 N–H and O–H groups in total. The second kappa shape index (κ2) is 10.4. The summed E-state index contributed by atoms with van der Waals surface area (Å²) in [6.07, 6.45) is 3.14. The first-order chi connectivity index (χ1) is 12.9. The second-order valence-electron chi connectivity index (χ2n) is 6.64. The lowest BCUT2D eigenvalue weighted by atomic mass is 10.2. The maximum atomic E-state index is 12.5. The Hall–Kier alpha value is -1.16. The Morgan fingerprint density at radius 2 is 2.11 bits per heavy atom. The van der Waals surface area contributed by atoms with Gasteiger partial charge < -0.3 is 11.1 Å². The Bertz CT molecular complexity index is 713. The number of guanidine groups is 1. The standard InChI is InChI=1S/C18H33N5O2S2/c1-4-22-13-7-8-15(22)14-21-18(19)20-12-11-16-9-10-17(26-16)27(24,25)23(5-2)6-3/h9-10,15H,4-8,11-14H2,1-3H3,(H3,19,20,21). The summed E-state index contributed by atoms with van der Waals surface area (Å²) in [7, 11) is -3.37. The van der Waals surface area contributed by atoms with Crippen molar-refractivity contribution in [3.8, 4) is 0 Å². The molecule has 0 spiro atoms. The molecule has 0 aromatic carbocycles. The van der Waals surface area contributed by atoms with Crippen LogP contribution in [0.1, 0.15) is 38.5 Å². The molecule has 1 aliphatic heterocycles. The first kappa shape index (κ1) is 22.1. The first-order valence-corrected chi connectivity index (χ1v) is 12.0. The summed E-state index contributed by atoms with van der Waals surface area (Å²) in [4.78, 5) is 7.93. The van der Waals surface area contributed by atoms with Gasteiger partial charge in [0.1, 0.15) is 4.21 Å². The number of likely N-dealkylation sites (N-methyl/N-ethyl adjacent to an activating group) is 1. The van der Waals surface area contributed by atoms with Gasteiger partial charge in [-0.1, -0.05) is 20.8 Å².